The number of primary amides is 1. The molecule has 11 heteroatoms. The van der Waals surface area contributed by atoms with Crippen LogP contribution in [0.4, 0.5) is 0 Å². The van der Waals surface area contributed by atoms with Gasteiger partial charge in [0.05, 0.1) is 10.6 Å². The number of nitrogens with two attached hydrogens (primary N) is 1. The van der Waals surface area contributed by atoms with Crippen LogP contribution in [0.25, 0.3) is 0 Å². The lowest BCUT2D eigenvalue weighted by atomic mass is 9.88. The highest BCUT2D eigenvalue weighted by molar-refractivity contribution is 6.55. The minimum atomic E-state index is -1.60. The summed E-state index contributed by atoms with van der Waals surface area (Å²) in [6.45, 7) is 2.33. The fraction of sp³-hybridized carbons (Fsp3) is 0.348. The second kappa shape index (κ2) is 10.5. The molecular weight excluding hydrogens is 544 g/mol. The van der Waals surface area contributed by atoms with E-state index >= 15 is 0 Å². The lowest BCUT2D eigenvalue weighted by Gasteiger charge is -2.17. The fourth-order valence-electron chi connectivity index (χ4n) is 4.17. The summed E-state index contributed by atoms with van der Waals surface area (Å²) in [4.78, 5) is 36.5. The molecule has 2 unspecified atom stereocenters. The van der Waals surface area contributed by atoms with Gasteiger partial charge in [0, 0.05) is 36.0 Å². The van der Waals surface area contributed by atoms with Crippen molar-refractivity contribution in [2.75, 3.05) is 13.1 Å². The summed E-state index contributed by atoms with van der Waals surface area (Å²) in [5, 5.41) is 6.37. The molecule has 34 heavy (non-hydrogen) atoms. The van der Waals surface area contributed by atoms with Gasteiger partial charge in [-0.3, -0.25) is 14.4 Å². The number of carbonyl (C=O) groups excluding carboxylic acids is 3. The van der Waals surface area contributed by atoms with Crippen LogP contribution >= 0.6 is 58.0 Å². The molecule has 0 radical (unpaired) electrons. The average Bonchev–Trinajstić information content (AvgIpc) is 3.27. The lowest BCUT2D eigenvalue weighted by Crippen LogP contribution is -2.34. The Balaban J connectivity index is 1.87. The zero-order valence-electron chi connectivity index (χ0n) is 18.1. The number of hydrogen-bond acceptors (Lipinski definition) is 3. The number of hydrogen-bond donors (Lipinski definition) is 3. The quantitative estimate of drug-likeness (QED) is 0.295. The summed E-state index contributed by atoms with van der Waals surface area (Å²) >= 11 is 31.8. The van der Waals surface area contributed by atoms with Crippen LogP contribution in [0, 0.1) is 0 Å². The number of nitrogens with one attached hydrogen (secondary N) is 2. The van der Waals surface area contributed by atoms with Gasteiger partial charge in [-0.1, -0.05) is 64.1 Å². The first-order valence-electron chi connectivity index (χ1n) is 10.4. The van der Waals surface area contributed by atoms with E-state index in [0.29, 0.717) is 47.1 Å². The molecule has 1 aliphatic rings. The third-order valence-electron chi connectivity index (χ3n) is 5.77. The molecule has 3 rings (SSSR count). The summed E-state index contributed by atoms with van der Waals surface area (Å²) in [5.74, 6) is -2.04. The monoisotopic (exact) mass is 563 g/mol. The SMILES string of the molecule is CC(=O)NCCCCNC(=O)c1cc(C2(C(N)=O)C(c3cc(Cl)cc(Cl)c3)C2(Cl)Cl)ccc1Cl. The summed E-state index contributed by atoms with van der Waals surface area (Å²) in [5.41, 5.74) is 5.34. The Bertz CT molecular complexity index is 1120. The van der Waals surface area contributed by atoms with Gasteiger partial charge < -0.3 is 16.4 Å². The van der Waals surface area contributed by atoms with Gasteiger partial charge in [0.25, 0.3) is 5.91 Å². The van der Waals surface area contributed by atoms with Gasteiger partial charge in [-0.25, -0.2) is 0 Å². The van der Waals surface area contributed by atoms with Crippen molar-refractivity contribution in [3.05, 3.63) is 68.2 Å². The van der Waals surface area contributed by atoms with Gasteiger partial charge in [0.2, 0.25) is 11.8 Å². The Labute approximate surface area is 222 Å². The van der Waals surface area contributed by atoms with E-state index in [1.165, 1.54) is 19.1 Å². The number of amides is 3. The molecule has 2 aromatic rings. The summed E-state index contributed by atoms with van der Waals surface area (Å²) < 4.78 is -1.60. The number of carbonyl (C=O) groups is 3. The smallest absolute Gasteiger partial charge is 0.252 e. The molecule has 6 nitrogen and oxygen atoms in total. The molecule has 0 bridgehead atoms. The van der Waals surface area contributed by atoms with Crippen LogP contribution < -0.4 is 16.4 Å². The predicted octanol–water partition coefficient (Wildman–Crippen LogP) is 4.99. The molecule has 3 amide bonds. The van der Waals surface area contributed by atoms with Crippen molar-refractivity contribution in [1.29, 1.82) is 0 Å². The number of rotatable bonds is 9. The molecule has 0 aliphatic heterocycles. The van der Waals surface area contributed by atoms with Crippen molar-refractivity contribution in [3.8, 4) is 0 Å². The van der Waals surface area contributed by atoms with E-state index in [2.05, 4.69) is 10.6 Å². The minimum Gasteiger partial charge on any atom is -0.369 e. The van der Waals surface area contributed by atoms with E-state index < -0.39 is 27.5 Å². The predicted molar refractivity (Wildman–Crippen MR) is 136 cm³/mol. The number of alkyl halides is 2. The highest BCUT2D eigenvalue weighted by Gasteiger charge is 2.80. The molecule has 182 valence electrons. The van der Waals surface area contributed by atoms with Crippen LogP contribution in [0.1, 0.15) is 47.2 Å². The molecule has 1 saturated carbocycles. The van der Waals surface area contributed by atoms with Crippen LogP contribution in [-0.4, -0.2) is 35.1 Å². The Morgan fingerprint density at radius 2 is 1.53 bits per heavy atom. The van der Waals surface area contributed by atoms with E-state index in [9.17, 15) is 14.4 Å². The molecule has 0 spiro atoms. The highest BCUT2D eigenvalue weighted by Crippen LogP contribution is 2.74. The second-order valence-corrected chi connectivity index (χ2v) is 10.7. The van der Waals surface area contributed by atoms with Gasteiger partial charge in [-0.15, -0.1) is 0 Å². The molecule has 1 fully saturated rings. The Morgan fingerprint density at radius 1 is 0.941 bits per heavy atom. The van der Waals surface area contributed by atoms with E-state index in [0.717, 1.165) is 0 Å². The van der Waals surface area contributed by atoms with Crippen molar-refractivity contribution in [3.63, 3.8) is 0 Å². The maximum absolute atomic E-state index is 12.8. The number of unbranched alkanes of at least 4 members (excludes halogenated alkanes) is 1. The third kappa shape index (κ3) is 5.12. The van der Waals surface area contributed by atoms with E-state index in [4.69, 9.17) is 63.7 Å². The van der Waals surface area contributed by atoms with E-state index in [-0.39, 0.29) is 16.5 Å². The molecule has 1 aliphatic carbocycles. The minimum absolute atomic E-state index is 0.107. The van der Waals surface area contributed by atoms with Crippen molar-refractivity contribution in [1.82, 2.24) is 10.6 Å². The standard InChI is InChI=1S/C23H22Cl5N3O3/c1-12(32)30-6-2-3-7-31-20(33)17-10-14(4-5-18(17)26)22(21(29)34)19(23(22,27)28)13-8-15(24)11-16(25)9-13/h4-5,8-11,19H,2-3,6-7H2,1H3,(H2,29,34)(H,30,32)(H,31,33). The largest absolute Gasteiger partial charge is 0.369 e. The normalized spacial score (nSPS) is 20.5. The number of halogens is 5. The average molecular weight is 566 g/mol. The summed E-state index contributed by atoms with van der Waals surface area (Å²) in [7, 11) is 0. The first-order chi connectivity index (χ1) is 15.9. The molecule has 4 N–H and O–H groups in total. The maximum Gasteiger partial charge on any atom is 0.252 e. The molecular formula is C23H22Cl5N3O3. The number of benzene rings is 2. The molecule has 0 aromatic heterocycles. The first kappa shape index (κ1) is 26.9. The Kier molecular flexibility index (Phi) is 8.31. The first-order valence-corrected chi connectivity index (χ1v) is 12.3. The van der Waals surface area contributed by atoms with Crippen molar-refractivity contribution in [2.45, 2.75) is 35.4 Å². The van der Waals surface area contributed by atoms with Gasteiger partial charge in [0.1, 0.15) is 9.75 Å². The second-order valence-electron chi connectivity index (χ2n) is 8.07. The van der Waals surface area contributed by atoms with Gasteiger partial charge >= 0.3 is 0 Å². The molecule has 2 atom stereocenters. The molecule has 0 heterocycles. The fourth-order valence-corrected chi connectivity index (χ4v) is 6.01. The van der Waals surface area contributed by atoms with Crippen LogP contribution in [-0.2, 0) is 15.0 Å². The maximum atomic E-state index is 12.8. The van der Waals surface area contributed by atoms with Crippen LogP contribution in [0.5, 0.6) is 0 Å². The Hall–Kier alpha value is -1.70. The lowest BCUT2D eigenvalue weighted by molar-refractivity contribution is -0.120. The van der Waals surface area contributed by atoms with Gasteiger partial charge in [-0.05, 0) is 54.3 Å². The molecule has 0 saturated heterocycles. The van der Waals surface area contributed by atoms with E-state index in [1.54, 1.807) is 24.3 Å². The van der Waals surface area contributed by atoms with Gasteiger partial charge in [0.15, 0.2) is 0 Å². The molecule has 2 aromatic carbocycles. The third-order valence-corrected chi connectivity index (χ3v) is 7.57. The van der Waals surface area contributed by atoms with Gasteiger partial charge in [-0.2, -0.15) is 0 Å². The summed E-state index contributed by atoms with van der Waals surface area (Å²) in [6.07, 6.45) is 1.35. The van der Waals surface area contributed by atoms with Crippen molar-refractivity contribution in [2.24, 2.45) is 5.73 Å². The van der Waals surface area contributed by atoms with Crippen LogP contribution in [0.15, 0.2) is 36.4 Å². The zero-order valence-corrected chi connectivity index (χ0v) is 21.8. The van der Waals surface area contributed by atoms with Crippen LogP contribution in [0.3, 0.4) is 0 Å². The summed E-state index contributed by atoms with van der Waals surface area (Å²) in [6, 6.07) is 9.33. The van der Waals surface area contributed by atoms with Crippen molar-refractivity contribution < 1.29 is 14.4 Å². The van der Waals surface area contributed by atoms with Crippen molar-refractivity contribution >= 4 is 75.7 Å². The topological polar surface area (TPSA) is 101 Å². The zero-order chi connectivity index (χ0) is 25.3. The Morgan fingerprint density at radius 3 is 2.09 bits per heavy atom. The van der Waals surface area contributed by atoms with E-state index in [1.807, 2.05) is 0 Å². The van der Waals surface area contributed by atoms with Crippen LogP contribution in [0.2, 0.25) is 15.1 Å². The highest BCUT2D eigenvalue weighted by atomic mass is 35.5.